The summed E-state index contributed by atoms with van der Waals surface area (Å²) in [5.41, 5.74) is 6.67. The number of rotatable bonds is 7. The Hall–Kier alpha value is -6.10. The van der Waals surface area contributed by atoms with Crippen molar-refractivity contribution in [1.29, 1.82) is 0 Å². The van der Waals surface area contributed by atoms with Crippen molar-refractivity contribution < 1.29 is 19.0 Å². The summed E-state index contributed by atoms with van der Waals surface area (Å²) in [7, 11) is 4.82. The molecule has 47 heavy (non-hydrogen) atoms. The highest BCUT2D eigenvalue weighted by molar-refractivity contribution is 6.51. The zero-order valence-corrected chi connectivity index (χ0v) is 26.6. The first-order chi connectivity index (χ1) is 22.9. The summed E-state index contributed by atoms with van der Waals surface area (Å²) in [5.74, 6) is 3.30. The number of benzene rings is 4. The molecule has 0 unspecified atom stereocenters. The quantitative estimate of drug-likeness (QED) is 0.201. The van der Waals surface area contributed by atoms with E-state index in [0.29, 0.717) is 40.4 Å². The number of hydrogen-bond donors (Lipinski definition) is 2. The molecule has 0 radical (unpaired) electrons. The Morgan fingerprint density at radius 3 is 2.13 bits per heavy atom. The molecule has 1 amide bonds. The molecule has 0 aliphatic carbocycles. The number of aromatic nitrogens is 2. The van der Waals surface area contributed by atoms with Crippen LogP contribution in [0.15, 0.2) is 101 Å². The second-order valence-corrected chi connectivity index (χ2v) is 11.1. The number of ether oxygens (including phenoxy) is 3. The van der Waals surface area contributed by atoms with Gasteiger partial charge in [-0.1, -0.05) is 30.3 Å². The molecule has 0 spiro atoms. The van der Waals surface area contributed by atoms with Gasteiger partial charge in [-0.2, -0.15) is 5.10 Å². The highest BCUT2D eigenvalue weighted by Crippen LogP contribution is 2.50. The smallest absolute Gasteiger partial charge is 0.221 e. The van der Waals surface area contributed by atoms with Crippen molar-refractivity contribution in [2.24, 2.45) is 9.98 Å². The first-order valence-corrected chi connectivity index (χ1v) is 15.1. The van der Waals surface area contributed by atoms with Gasteiger partial charge in [-0.15, -0.1) is 0 Å². The van der Waals surface area contributed by atoms with Gasteiger partial charge in [0.05, 0.1) is 50.1 Å². The monoisotopic (exact) mass is 627 g/mol. The van der Waals surface area contributed by atoms with Gasteiger partial charge in [-0.3, -0.25) is 4.79 Å². The van der Waals surface area contributed by atoms with Crippen LogP contribution < -0.4 is 29.7 Å². The minimum Gasteiger partial charge on any atom is -0.493 e. The van der Waals surface area contributed by atoms with Crippen molar-refractivity contribution in [3.63, 3.8) is 0 Å². The summed E-state index contributed by atoms with van der Waals surface area (Å²) in [6.07, 6.45) is 0. The zero-order valence-electron chi connectivity index (χ0n) is 26.6. The lowest BCUT2D eigenvalue weighted by molar-refractivity contribution is -0.114. The Kier molecular flexibility index (Phi) is 7.56. The van der Waals surface area contributed by atoms with Gasteiger partial charge >= 0.3 is 0 Å². The topological polar surface area (TPSA) is 115 Å². The molecular weight excluding hydrogens is 594 g/mol. The molecule has 3 heterocycles. The average molecular weight is 628 g/mol. The van der Waals surface area contributed by atoms with Gasteiger partial charge in [0.2, 0.25) is 11.7 Å². The van der Waals surface area contributed by atoms with Gasteiger partial charge in [0.25, 0.3) is 0 Å². The fourth-order valence-corrected chi connectivity index (χ4v) is 6.10. The fraction of sp³-hybridized carbons (Fsp3) is 0.167. The molecule has 0 saturated heterocycles. The molecule has 1 aromatic heterocycles. The molecule has 236 valence electrons. The van der Waals surface area contributed by atoms with Gasteiger partial charge in [-0.25, -0.2) is 14.7 Å². The summed E-state index contributed by atoms with van der Waals surface area (Å²) >= 11 is 0. The molecule has 4 aromatic carbocycles. The van der Waals surface area contributed by atoms with Crippen LogP contribution >= 0.6 is 0 Å². The molecule has 11 heteroatoms. The molecular formula is C36H33N7O4. The van der Waals surface area contributed by atoms with E-state index in [1.54, 1.807) is 21.3 Å². The lowest BCUT2D eigenvalue weighted by Gasteiger charge is -2.40. The highest BCUT2D eigenvalue weighted by Gasteiger charge is 2.42. The van der Waals surface area contributed by atoms with Gasteiger partial charge in [-0.05, 0) is 73.2 Å². The Labute approximate surface area is 272 Å². The first-order valence-electron chi connectivity index (χ1n) is 15.1. The second-order valence-electron chi connectivity index (χ2n) is 11.1. The van der Waals surface area contributed by atoms with Gasteiger partial charge in [0.15, 0.2) is 29.0 Å². The molecule has 0 fully saturated rings. The number of anilines is 3. The van der Waals surface area contributed by atoms with Crippen LogP contribution in [0.5, 0.6) is 17.2 Å². The third kappa shape index (κ3) is 5.21. The number of hydrogen-bond acceptors (Lipinski definition) is 9. The number of para-hydroxylation sites is 3. The zero-order chi connectivity index (χ0) is 32.7. The Balaban J connectivity index is 1.46. The van der Waals surface area contributed by atoms with E-state index in [-0.39, 0.29) is 5.91 Å². The summed E-state index contributed by atoms with van der Waals surface area (Å²) in [6, 6.07) is 28.9. The minimum absolute atomic E-state index is 0.134. The summed E-state index contributed by atoms with van der Waals surface area (Å²) in [6.45, 7) is 3.49. The first kappa shape index (κ1) is 29.6. The standard InChI is InChI=1S/C36H33N7O4/c1-21-31-32(23-19-29(45-3)33(47-5)30(20-23)46-4)42-28-14-10-9-13-27(28)39-34(38-25-17-15-24(16-18-25)37-22(2)44)36(42)40-35(31)43(41-21)26-11-7-6-8-12-26/h6-20,32H,1-5H3,(H,37,44)(H,38,39)/t32-/m1/s1. The van der Waals surface area contributed by atoms with Crippen LogP contribution in [-0.4, -0.2) is 48.7 Å². The maximum Gasteiger partial charge on any atom is 0.221 e. The molecule has 7 rings (SSSR count). The van der Waals surface area contributed by atoms with E-state index < -0.39 is 6.04 Å². The number of nitrogens with zero attached hydrogens (tertiary/aromatic N) is 5. The molecule has 11 nitrogen and oxygen atoms in total. The molecule has 2 aliphatic heterocycles. The van der Waals surface area contributed by atoms with Crippen LogP contribution in [0.1, 0.15) is 29.8 Å². The molecule has 0 saturated carbocycles. The van der Waals surface area contributed by atoms with Crippen molar-refractivity contribution in [2.75, 3.05) is 36.9 Å². The van der Waals surface area contributed by atoms with E-state index in [1.807, 2.05) is 103 Å². The third-order valence-corrected chi connectivity index (χ3v) is 8.11. The van der Waals surface area contributed by atoms with E-state index in [0.717, 1.165) is 39.6 Å². The lowest BCUT2D eigenvalue weighted by atomic mass is 9.92. The van der Waals surface area contributed by atoms with Crippen LogP contribution in [0.3, 0.4) is 0 Å². The summed E-state index contributed by atoms with van der Waals surface area (Å²) < 4.78 is 19.2. The number of carbonyl (C=O) groups excluding carboxylic acids is 1. The number of aliphatic imine (C=N–C) groups is 2. The number of amides is 1. The largest absolute Gasteiger partial charge is 0.493 e. The van der Waals surface area contributed by atoms with Crippen molar-refractivity contribution in [2.45, 2.75) is 19.9 Å². The van der Waals surface area contributed by atoms with Crippen molar-refractivity contribution >= 4 is 46.1 Å². The number of fused-ring (bicyclic) bond motifs is 4. The molecule has 2 aliphatic rings. The maximum atomic E-state index is 11.6. The van der Waals surface area contributed by atoms with E-state index in [9.17, 15) is 4.79 Å². The van der Waals surface area contributed by atoms with Gasteiger partial charge < -0.3 is 29.7 Å². The fourth-order valence-electron chi connectivity index (χ4n) is 6.10. The Morgan fingerprint density at radius 2 is 1.47 bits per heavy atom. The predicted octanol–water partition coefficient (Wildman–Crippen LogP) is 6.96. The third-order valence-electron chi connectivity index (χ3n) is 8.11. The van der Waals surface area contributed by atoms with Crippen LogP contribution in [-0.2, 0) is 4.79 Å². The average Bonchev–Trinajstić information content (AvgIpc) is 3.43. The molecule has 2 N–H and O–H groups in total. The van der Waals surface area contributed by atoms with Gasteiger partial charge in [0.1, 0.15) is 0 Å². The van der Waals surface area contributed by atoms with Crippen LogP contribution in [0.25, 0.3) is 5.69 Å². The van der Waals surface area contributed by atoms with E-state index in [1.165, 1.54) is 6.92 Å². The predicted molar refractivity (Wildman–Crippen MR) is 184 cm³/mol. The van der Waals surface area contributed by atoms with Crippen molar-refractivity contribution in [1.82, 2.24) is 9.78 Å². The van der Waals surface area contributed by atoms with Crippen LogP contribution in [0.2, 0.25) is 0 Å². The maximum absolute atomic E-state index is 11.6. The minimum atomic E-state index is -0.403. The van der Waals surface area contributed by atoms with E-state index in [4.69, 9.17) is 29.3 Å². The number of nitrogens with one attached hydrogen (secondary N) is 2. The van der Waals surface area contributed by atoms with E-state index >= 15 is 0 Å². The number of carbonyl (C=O) groups is 1. The Bertz CT molecular complexity index is 2030. The summed E-state index contributed by atoms with van der Waals surface area (Å²) in [4.78, 5) is 24.1. The summed E-state index contributed by atoms with van der Waals surface area (Å²) in [5, 5.41) is 11.3. The van der Waals surface area contributed by atoms with Gasteiger partial charge in [0, 0.05) is 23.9 Å². The van der Waals surface area contributed by atoms with Crippen LogP contribution in [0.4, 0.5) is 28.6 Å². The SMILES string of the molecule is COc1cc([C@@H]2c3c(C)nn(-c4ccccc4)c3N=C3C(Nc4ccc(NC(C)=O)cc4)=Nc4ccccc4N32)cc(OC)c1OC. The number of aryl methyl sites for hydroxylation is 1. The van der Waals surface area contributed by atoms with Crippen LogP contribution in [0, 0.1) is 6.92 Å². The van der Waals surface area contributed by atoms with Crippen molar-refractivity contribution in [3.05, 3.63) is 108 Å². The number of methoxy groups -OCH3 is 3. The normalized spacial score (nSPS) is 14.6. The molecule has 1 atom stereocenters. The second kappa shape index (κ2) is 12.0. The number of amidine groups is 2. The highest BCUT2D eigenvalue weighted by atomic mass is 16.5. The van der Waals surface area contributed by atoms with Crippen molar-refractivity contribution in [3.8, 4) is 22.9 Å². The lowest BCUT2D eigenvalue weighted by Crippen LogP contribution is -2.46. The molecule has 5 aromatic rings. The Morgan fingerprint density at radius 1 is 0.809 bits per heavy atom. The molecule has 0 bridgehead atoms. The van der Waals surface area contributed by atoms with E-state index in [2.05, 4.69) is 15.5 Å².